The summed E-state index contributed by atoms with van der Waals surface area (Å²) in [5.41, 5.74) is 2.44. The number of likely N-dealkylation sites (tertiary alicyclic amines) is 1. The summed E-state index contributed by atoms with van der Waals surface area (Å²) < 4.78 is 1.91. The van der Waals surface area contributed by atoms with Gasteiger partial charge in [0.25, 0.3) is 5.91 Å². The van der Waals surface area contributed by atoms with Gasteiger partial charge in [-0.25, -0.2) is 0 Å². The normalized spacial score (nSPS) is 18.2. The second-order valence-corrected chi connectivity index (χ2v) is 6.46. The lowest BCUT2D eigenvalue weighted by atomic mass is 9.93. The number of nitrogens with zero attached hydrogens (tertiary/aromatic N) is 3. The van der Waals surface area contributed by atoms with Gasteiger partial charge < -0.3 is 10.0 Å². The van der Waals surface area contributed by atoms with Gasteiger partial charge >= 0.3 is 5.97 Å². The van der Waals surface area contributed by atoms with E-state index in [9.17, 15) is 9.59 Å². The third-order valence-electron chi connectivity index (χ3n) is 4.60. The van der Waals surface area contributed by atoms with Gasteiger partial charge in [0.2, 0.25) is 0 Å². The molecule has 2 rings (SSSR count). The monoisotopic (exact) mass is 321 g/mol. The largest absolute Gasteiger partial charge is 0.481 e. The van der Waals surface area contributed by atoms with E-state index >= 15 is 0 Å². The Morgan fingerprint density at radius 2 is 2.09 bits per heavy atom. The summed E-state index contributed by atoms with van der Waals surface area (Å²) in [5, 5.41) is 13.3. The predicted molar refractivity (Wildman–Crippen MR) is 87.5 cm³/mol. The molecule has 1 aliphatic rings. The van der Waals surface area contributed by atoms with E-state index in [0.717, 1.165) is 49.3 Å². The van der Waals surface area contributed by atoms with Crippen LogP contribution in [-0.4, -0.2) is 44.8 Å². The van der Waals surface area contributed by atoms with Crippen LogP contribution in [0, 0.1) is 19.8 Å². The molecule has 0 aliphatic carbocycles. The first-order valence-electron chi connectivity index (χ1n) is 8.49. The molecule has 0 spiro atoms. The van der Waals surface area contributed by atoms with E-state index in [0.29, 0.717) is 13.0 Å². The molecule has 0 bridgehead atoms. The van der Waals surface area contributed by atoms with Gasteiger partial charge in [0, 0.05) is 31.7 Å². The molecule has 1 N–H and O–H groups in total. The van der Waals surface area contributed by atoms with Crippen molar-refractivity contribution in [3.63, 3.8) is 0 Å². The van der Waals surface area contributed by atoms with Crippen molar-refractivity contribution < 1.29 is 14.7 Å². The van der Waals surface area contributed by atoms with Crippen LogP contribution in [0.25, 0.3) is 0 Å². The average molecular weight is 321 g/mol. The molecule has 0 aromatic carbocycles. The molecule has 0 saturated carbocycles. The SMILES string of the molecule is CCCn1nc(C)c(C(=O)N2CCCC(CCC(=O)O)C2)c1C. The maximum absolute atomic E-state index is 12.9. The van der Waals surface area contributed by atoms with E-state index < -0.39 is 5.97 Å². The molecular weight excluding hydrogens is 294 g/mol. The zero-order chi connectivity index (χ0) is 17.0. The van der Waals surface area contributed by atoms with E-state index in [1.54, 1.807) is 0 Å². The van der Waals surface area contributed by atoms with Gasteiger partial charge in [-0.15, -0.1) is 0 Å². The molecule has 6 heteroatoms. The Morgan fingerprint density at radius 1 is 1.35 bits per heavy atom. The van der Waals surface area contributed by atoms with Crippen molar-refractivity contribution in [2.24, 2.45) is 5.92 Å². The van der Waals surface area contributed by atoms with Gasteiger partial charge in [0.15, 0.2) is 0 Å². The molecule has 1 saturated heterocycles. The highest BCUT2D eigenvalue weighted by Gasteiger charge is 2.28. The predicted octanol–water partition coefficient (Wildman–Crippen LogP) is 2.63. The molecule has 1 aromatic rings. The zero-order valence-electron chi connectivity index (χ0n) is 14.3. The van der Waals surface area contributed by atoms with Crippen LogP contribution < -0.4 is 0 Å². The number of carbonyl (C=O) groups is 2. The number of aryl methyl sites for hydroxylation is 2. The molecule has 6 nitrogen and oxygen atoms in total. The van der Waals surface area contributed by atoms with Crippen molar-refractivity contribution in [3.05, 3.63) is 17.0 Å². The topological polar surface area (TPSA) is 75.4 Å². The minimum atomic E-state index is -0.763. The summed E-state index contributed by atoms with van der Waals surface area (Å²) in [5.74, 6) is -0.432. The fourth-order valence-corrected chi connectivity index (χ4v) is 3.41. The molecule has 1 fully saturated rings. The lowest BCUT2D eigenvalue weighted by Crippen LogP contribution is -2.40. The highest BCUT2D eigenvalue weighted by Crippen LogP contribution is 2.24. The van der Waals surface area contributed by atoms with Crippen LogP contribution in [0.3, 0.4) is 0 Å². The maximum atomic E-state index is 12.9. The zero-order valence-corrected chi connectivity index (χ0v) is 14.3. The molecule has 0 radical (unpaired) electrons. The Hall–Kier alpha value is -1.85. The Bertz CT molecular complexity index is 580. The quantitative estimate of drug-likeness (QED) is 0.874. The molecule has 128 valence electrons. The fraction of sp³-hybridized carbons (Fsp3) is 0.706. The van der Waals surface area contributed by atoms with Crippen molar-refractivity contribution >= 4 is 11.9 Å². The summed E-state index contributed by atoms with van der Waals surface area (Å²) in [6.45, 7) is 8.16. The van der Waals surface area contributed by atoms with Crippen LogP contribution in [-0.2, 0) is 11.3 Å². The second kappa shape index (κ2) is 7.62. The lowest BCUT2D eigenvalue weighted by Gasteiger charge is -2.32. The fourth-order valence-electron chi connectivity index (χ4n) is 3.41. The Balaban J connectivity index is 2.09. The first-order chi connectivity index (χ1) is 10.9. The number of hydrogen-bond donors (Lipinski definition) is 1. The smallest absolute Gasteiger partial charge is 0.303 e. The average Bonchev–Trinajstić information content (AvgIpc) is 2.79. The van der Waals surface area contributed by atoms with E-state index in [4.69, 9.17) is 5.11 Å². The number of aliphatic carboxylic acids is 1. The number of carboxylic acid groups (broad SMARTS) is 1. The van der Waals surface area contributed by atoms with Crippen LogP contribution in [0.15, 0.2) is 0 Å². The van der Waals surface area contributed by atoms with Crippen LogP contribution in [0.1, 0.15) is 60.8 Å². The molecule has 1 unspecified atom stereocenters. The highest BCUT2D eigenvalue weighted by atomic mass is 16.4. The van der Waals surface area contributed by atoms with Crippen molar-refractivity contribution in [1.82, 2.24) is 14.7 Å². The number of rotatable bonds is 6. The lowest BCUT2D eigenvalue weighted by molar-refractivity contribution is -0.137. The molecule has 1 aliphatic heterocycles. The van der Waals surface area contributed by atoms with Crippen LogP contribution >= 0.6 is 0 Å². The molecule has 1 atom stereocenters. The number of aromatic nitrogens is 2. The van der Waals surface area contributed by atoms with Crippen molar-refractivity contribution in [1.29, 1.82) is 0 Å². The standard InChI is InChI=1S/C17H27N3O3/c1-4-9-20-13(3)16(12(2)18-20)17(23)19-10-5-6-14(11-19)7-8-15(21)22/h14H,4-11H2,1-3H3,(H,21,22). The van der Waals surface area contributed by atoms with Gasteiger partial charge in [0.05, 0.1) is 11.3 Å². The first-order valence-corrected chi connectivity index (χ1v) is 8.49. The summed E-state index contributed by atoms with van der Waals surface area (Å²) in [7, 11) is 0. The molecular formula is C17H27N3O3. The van der Waals surface area contributed by atoms with Crippen molar-refractivity contribution in [2.45, 2.75) is 59.4 Å². The Labute approximate surface area is 137 Å². The Kier molecular flexibility index (Phi) is 5.80. The van der Waals surface area contributed by atoms with E-state index in [-0.39, 0.29) is 18.2 Å². The van der Waals surface area contributed by atoms with E-state index in [1.165, 1.54) is 0 Å². The van der Waals surface area contributed by atoms with Crippen LogP contribution in [0.4, 0.5) is 0 Å². The summed E-state index contributed by atoms with van der Waals surface area (Å²) in [4.78, 5) is 25.5. The summed E-state index contributed by atoms with van der Waals surface area (Å²) in [6, 6.07) is 0. The number of carboxylic acids is 1. The number of amides is 1. The third-order valence-corrected chi connectivity index (χ3v) is 4.60. The van der Waals surface area contributed by atoms with E-state index in [2.05, 4.69) is 12.0 Å². The van der Waals surface area contributed by atoms with Crippen LogP contribution in [0.2, 0.25) is 0 Å². The van der Waals surface area contributed by atoms with Gasteiger partial charge in [0.1, 0.15) is 0 Å². The number of hydrogen-bond acceptors (Lipinski definition) is 3. The second-order valence-electron chi connectivity index (χ2n) is 6.46. The highest BCUT2D eigenvalue weighted by molar-refractivity contribution is 5.96. The minimum Gasteiger partial charge on any atom is -0.481 e. The molecule has 1 amide bonds. The van der Waals surface area contributed by atoms with Gasteiger partial charge in [-0.2, -0.15) is 5.10 Å². The Morgan fingerprint density at radius 3 is 2.74 bits per heavy atom. The summed E-state index contributed by atoms with van der Waals surface area (Å²) in [6.07, 6.45) is 3.75. The number of piperidine rings is 1. The molecule has 23 heavy (non-hydrogen) atoms. The minimum absolute atomic E-state index is 0.0439. The molecule has 2 heterocycles. The van der Waals surface area contributed by atoms with Gasteiger partial charge in [-0.05, 0) is 45.4 Å². The first kappa shape index (κ1) is 17.5. The maximum Gasteiger partial charge on any atom is 0.303 e. The third kappa shape index (κ3) is 4.12. The molecule has 1 aromatic heterocycles. The van der Waals surface area contributed by atoms with Gasteiger partial charge in [-0.3, -0.25) is 14.3 Å². The van der Waals surface area contributed by atoms with Crippen LogP contribution in [0.5, 0.6) is 0 Å². The summed E-state index contributed by atoms with van der Waals surface area (Å²) >= 11 is 0. The number of carbonyl (C=O) groups excluding carboxylic acids is 1. The van der Waals surface area contributed by atoms with Crippen molar-refractivity contribution in [2.75, 3.05) is 13.1 Å². The van der Waals surface area contributed by atoms with E-state index in [1.807, 2.05) is 23.4 Å². The van der Waals surface area contributed by atoms with Gasteiger partial charge in [-0.1, -0.05) is 6.92 Å². The van der Waals surface area contributed by atoms with Crippen molar-refractivity contribution in [3.8, 4) is 0 Å².